The molecule has 1 aliphatic heterocycles. The molecular weight excluding hydrogens is 354 g/mol. The third kappa shape index (κ3) is 3.76. The highest BCUT2D eigenvalue weighted by molar-refractivity contribution is 6.33. The summed E-state index contributed by atoms with van der Waals surface area (Å²) in [7, 11) is 1.75. The van der Waals surface area contributed by atoms with E-state index in [1.54, 1.807) is 60.5 Å². The molecule has 0 aliphatic carbocycles. The molecule has 2 aromatic rings. The lowest BCUT2D eigenvalue weighted by Gasteiger charge is -2.20. The van der Waals surface area contributed by atoms with Crippen LogP contribution in [0.1, 0.15) is 20.7 Å². The van der Waals surface area contributed by atoms with Crippen LogP contribution in [0.2, 0.25) is 5.02 Å². The van der Waals surface area contributed by atoms with E-state index in [9.17, 15) is 14.4 Å². The van der Waals surface area contributed by atoms with Gasteiger partial charge in [-0.3, -0.25) is 24.2 Å². The van der Waals surface area contributed by atoms with Crippen LogP contribution in [0.5, 0.6) is 0 Å². The van der Waals surface area contributed by atoms with Gasteiger partial charge in [0.05, 0.1) is 28.4 Å². The number of hydrogen-bond acceptors (Lipinski definition) is 4. The normalized spacial score (nSPS) is 13.3. The third-order valence-corrected chi connectivity index (χ3v) is 4.47. The van der Waals surface area contributed by atoms with Crippen LogP contribution in [0.15, 0.2) is 48.5 Å². The first-order chi connectivity index (χ1) is 12.5. The number of anilines is 1. The maximum atomic E-state index is 12.3. The lowest BCUT2D eigenvalue weighted by Crippen LogP contribution is -2.39. The first-order valence-electron chi connectivity index (χ1n) is 8.15. The van der Waals surface area contributed by atoms with Gasteiger partial charge in [0.15, 0.2) is 0 Å². The molecule has 1 N–H and O–H groups in total. The van der Waals surface area contributed by atoms with Crippen molar-refractivity contribution >= 4 is 35.0 Å². The van der Waals surface area contributed by atoms with E-state index in [0.717, 1.165) is 0 Å². The second-order valence-corrected chi connectivity index (χ2v) is 6.48. The Morgan fingerprint density at radius 2 is 1.62 bits per heavy atom. The van der Waals surface area contributed by atoms with Crippen molar-refractivity contribution in [2.45, 2.75) is 0 Å². The Morgan fingerprint density at radius 1 is 1.04 bits per heavy atom. The van der Waals surface area contributed by atoms with Gasteiger partial charge in [-0.15, -0.1) is 0 Å². The topological polar surface area (TPSA) is 69.7 Å². The molecule has 0 fully saturated rings. The van der Waals surface area contributed by atoms with Gasteiger partial charge in [0.1, 0.15) is 0 Å². The summed E-state index contributed by atoms with van der Waals surface area (Å²) >= 11 is 6.02. The number of para-hydroxylation sites is 1. The Labute approximate surface area is 156 Å². The number of rotatable bonds is 6. The number of likely N-dealkylation sites (N-methyl/N-ethyl adjacent to an activating group) is 1. The number of benzene rings is 2. The highest BCUT2D eigenvalue weighted by Gasteiger charge is 2.34. The minimum atomic E-state index is -0.292. The third-order valence-electron chi connectivity index (χ3n) is 4.14. The molecule has 0 unspecified atom stereocenters. The highest BCUT2D eigenvalue weighted by atomic mass is 35.5. The van der Waals surface area contributed by atoms with Gasteiger partial charge in [-0.1, -0.05) is 35.9 Å². The fourth-order valence-corrected chi connectivity index (χ4v) is 2.97. The summed E-state index contributed by atoms with van der Waals surface area (Å²) in [4.78, 5) is 39.7. The number of fused-ring (bicyclic) bond motifs is 1. The molecule has 26 heavy (non-hydrogen) atoms. The molecule has 134 valence electrons. The Hall–Kier alpha value is -2.70. The minimum Gasteiger partial charge on any atom is -0.324 e. The first-order valence-corrected chi connectivity index (χ1v) is 8.53. The average Bonchev–Trinajstić information content (AvgIpc) is 2.86. The van der Waals surface area contributed by atoms with Crippen LogP contribution in [-0.4, -0.2) is 54.2 Å². The lowest BCUT2D eigenvalue weighted by molar-refractivity contribution is -0.117. The van der Waals surface area contributed by atoms with Crippen molar-refractivity contribution in [2.24, 2.45) is 0 Å². The molecule has 0 atom stereocenters. The van der Waals surface area contributed by atoms with Crippen LogP contribution in [0.25, 0.3) is 0 Å². The summed E-state index contributed by atoms with van der Waals surface area (Å²) < 4.78 is 0. The molecule has 0 saturated carbocycles. The summed E-state index contributed by atoms with van der Waals surface area (Å²) in [5.74, 6) is -0.804. The van der Waals surface area contributed by atoms with E-state index in [-0.39, 0.29) is 30.8 Å². The molecule has 3 rings (SSSR count). The number of nitrogens with one attached hydrogen (secondary N) is 1. The standard InChI is InChI=1S/C19H18ClN3O3/c1-22(12-17(24)21-16-9-5-4-8-15(16)20)10-11-23-18(25)13-6-2-3-7-14(13)19(23)26/h2-9H,10-12H2,1H3,(H,21,24). The van der Waals surface area contributed by atoms with E-state index in [1.165, 1.54) is 4.90 Å². The molecule has 1 aliphatic rings. The summed E-state index contributed by atoms with van der Waals surface area (Å²) in [6.07, 6.45) is 0. The monoisotopic (exact) mass is 371 g/mol. The molecule has 0 spiro atoms. The number of nitrogens with zero attached hydrogens (tertiary/aromatic N) is 2. The summed E-state index contributed by atoms with van der Waals surface area (Å²) in [6.45, 7) is 0.734. The lowest BCUT2D eigenvalue weighted by atomic mass is 10.1. The smallest absolute Gasteiger partial charge is 0.261 e. The number of amides is 3. The van der Waals surface area contributed by atoms with Crippen LogP contribution >= 0.6 is 11.6 Å². The Morgan fingerprint density at radius 3 is 2.23 bits per heavy atom. The maximum absolute atomic E-state index is 12.3. The predicted octanol–water partition coefficient (Wildman–Crippen LogP) is 2.51. The van der Waals surface area contributed by atoms with Crippen LogP contribution in [-0.2, 0) is 4.79 Å². The van der Waals surface area contributed by atoms with Gasteiger partial charge in [-0.05, 0) is 31.3 Å². The van der Waals surface area contributed by atoms with Crippen molar-refractivity contribution in [3.63, 3.8) is 0 Å². The zero-order valence-electron chi connectivity index (χ0n) is 14.2. The first kappa shape index (κ1) is 18.1. The van der Waals surface area contributed by atoms with Crippen LogP contribution in [0.3, 0.4) is 0 Å². The van der Waals surface area contributed by atoms with Gasteiger partial charge in [0.2, 0.25) is 5.91 Å². The van der Waals surface area contributed by atoms with E-state index in [2.05, 4.69) is 5.32 Å². The quantitative estimate of drug-likeness (QED) is 0.792. The largest absolute Gasteiger partial charge is 0.324 e. The molecule has 0 bridgehead atoms. The van der Waals surface area contributed by atoms with Crippen molar-refractivity contribution in [2.75, 3.05) is 32.0 Å². The van der Waals surface area contributed by atoms with Crippen molar-refractivity contribution in [1.82, 2.24) is 9.80 Å². The van der Waals surface area contributed by atoms with Gasteiger partial charge in [-0.25, -0.2) is 0 Å². The number of carbonyl (C=O) groups excluding carboxylic acids is 3. The fourth-order valence-electron chi connectivity index (χ4n) is 2.79. The average molecular weight is 372 g/mol. The van der Waals surface area contributed by atoms with Gasteiger partial charge < -0.3 is 5.32 Å². The molecule has 3 amide bonds. The molecule has 0 aromatic heterocycles. The van der Waals surface area contributed by atoms with Gasteiger partial charge >= 0.3 is 0 Å². The minimum absolute atomic E-state index is 0.119. The molecule has 6 nitrogen and oxygen atoms in total. The van der Waals surface area contributed by atoms with Gasteiger partial charge in [-0.2, -0.15) is 0 Å². The molecule has 2 aromatic carbocycles. The second kappa shape index (κ2) is 7.68. The van der Waals surface area contributed by atoms with Gasteiger partial charge in [0.25, 0.3) is 11.8 Å². The molecular formula is C19H18ClN3O3. The fraction of sp³-hybridized carbons (Fsp3) is 0.211. The number of halogens is 1. The zero-order chi connectivity index (χ0) is 18.7. The van der Waals surface area contributed by atoms with E-state index in [4.69, 9.17) is 11.6 Å². The predicted molar refractivity (Wildman–Crippen MR) is 99.4 cm³/mol. The van der Waals surface area contributed by atoms with Crippen LogP contribution < -0.4 is 5.32 Å². The SMILES string of the molecule is CN(CCN1C(=O)c2ccccc2C1=O)CC(=O)Nc1ccccc1Cl. The Kier molecular flexibility index (Phi) is 5.35. The summed E-state index contributed by atoms with van der Waals surface area (Å²) in [6, 6.07) is 13.8. The molecule has 1 heterocycles. The summed E-state index contributed by atoms with van der Waals surface area (Å²) in [5, 5.41) is 3.21. The van der Waals surface area contributed by atoms with Crippen LogP contribution in [0, 0.1) is 0 Å². The number of carbonyl (C=O) groups is 3. The summed E-state index contributed by atoms with van der Waals surface area (Å²) in [5.41, 5.74) is 1.40. The Bertz CT molecular complexity index is 834. The van der Waals surface area contributed by atoms with Crippen LogP contribution in [0.4, 0.5) is 5.69 Å². The number of hydrogen-bond donors (Lipinski definition) is 1. The molecule has 0 saturated heterocycles. The maximum Gasteiger partial charge on any atom is 0.261 e. The van der Waals surface area contributed by atoms with E-state index in [1.807, 2.05) is 0 Å². The highest BCUT2D eigenvalue weighted by Crippen LogP contribution is 2.22. The van der Waals surface area contributed by atoms with E-state index >= 15 is 0 Å². The van der Waals surface area contributed by atoms with Gasteiger partial charge in [0, 0.05) is 13.1 Å². The molecule has 7 heteroatoms. The van der Waals surface area contributed by atoms with Crippen molar-refractivity contribution < 1.29 is 14.4 Å². The second-order valence-electron chi connectivity index (χ2n) is 6.07. The zero-order valence-corrected chi connectivity index (χ0v) is 15.0. The number of imide groups is 1. The van der Waals surface area contributed by atoms with Crippen molar-refractivity contribution in [3.8, 4) is 0 Å². The molecule has 0 radical (unpaired) electrons. The van der Waals surface area contributed by atoms with E-state index in [0.29, 0.717) is 28.4 Å². The van der Waals surface area contributed by atoms with E-state index < -0.39 is 0 Å². The van der Waals surface area contributed by atoms with Crippen molar-refractivity contribution in [1.29, 1.82) is 0 Å². The Balaban J connectivity index is 1.53. The van der Waals surface area contributed by atoms with Crippen molar-refractivity contribution in [3.05, 3.63) is 64.7 Å².